The Morgan fingerprint density at radius 1 is 1.21 bits per heavy atom. The molecule has 1 aliphatic carbocycles. The Balaban J connectivity index is 2.24. The Kier molecular flexibility index (Phi) is 7.51. The number of carbonyl (C=O) groups is 1. The predicted molar refractivity (Wildman–Crippen MR) is 116 cm³/mol. The quantitative estimate of drug-likeness (QED) is 0.450. The van der Waals surface area contributed by atoms with E-state index in [1.165, 1.54) is 5.56 Å². The molecule has 0 bridgehead atoms. The highest BCUT2D eigenvalue weighted by Crippen LogP contribution is 2.44. The molecule has 1 aromatic rings. The minimum Gasteiger partial charge on any atom is -0.547 e. The van der Waals surface area contributed by atoms with E-state index in [-0.39, 0.29) is 23.3 Å². The Morgan fingerprint density at radius 3 is 2.43 bits per heavy atom. The fourth-order valence-electron chi connectivity index (χ4n) is 3.62. The van der Waals surface area contributed by atoms with Gasteiger partial charge in [-0.1, -0.05) is 51.1 Å². The van der Waals surface area contributed by atoms with E-state index in [0.717, 1.165) is 25.0 Å². The molecule has 4 nitrogen and oxygen atoms in total. The van der Waals surface area contributed by atoms with Crippen molar-refractivity contribution >= 4 is 14.3 Å². The van der Waals surface area contributed by atoms with Crippen molar-refractivity contribution in [2.24, 2.45) is 11.8 Å². The smallest absolute Gasteiger partial charge is 0.303 e. The molecule has 28 heavy (non-hydrogen) atoms. The molecule has 1 aliphatic rings. The molecule has 1 saturated carbocycles. The number of hydrogen-bond donors (Lipinski definition) is 2. The Labute approximate surface area is 170 Å². The van der Waals surface area contributed by atoms with Crippen molar-refractivity contribution in [3.8, 4) is 0 Å². The molecule has 1 fully saturated rings. The zero-order chi connectivity index (χ0) is 20.9. The maximum atomic E-state index is 11.3. The highest BCUT2D eigenvalue weighted by Gasteiger charge is 2.44. The highest BCUT2D eigenvalue weighted by atomic mass is 28.4. The zero-order valence-corrected chi connectivity index (χ0v) is 18.9. The fraction of sp³-hybridized carbons (Fsp3) is 0.609. The van der Waals surface area contributed by atoms with Crippen LogP contribution in [0.5, 0.6) is 0 Å². The van der Waals surface area contributed by atoms with Crippen molar-refractivity contribution in [3.05, 3.63) is 47.7 Å². The van der Waals surface area contributed by atoms with Gasteiger partial charge in [-0.3, -0.25) is 4.79 Å². The molecule has 0 heterocycles. The van der Waals surface area contributed by atoms with Gasteiger partial charge in [0.25, 0.3) is 0 Å². The number of carboxylic acids is 1. The zero-order valence-electron chi connectivity index (χ0n) is 17.9. The first-order valence-electron chi connectivity index (χ1n) is 10.3. The van der Waals surface area contributed by atoms with Gasteiger partial charge in [0.2, 0.25) is 8.32 Å². The molecule has 0 aromatic heterocycles. The molecule has 0 aliphatic heterocycles. The fourth-order valence-corrected chi connectivity index (χ4v) is 4.75. The van der Waals surface area contributed by atoms with Gasteiger partial charge in [0.15, 0.2) is 0 Å². The summed E-state index contributed by atoms with van der Waals surface area (Å²) in [4.78, 5) is 11.3. The van der Waals surface area contributed by atoms with Crippen molar-refractivity contribution in [1.29, 1.82) is 0 Å². The van der Waals surface area contributed by atoms with Gasteiger partial charge in [-0.25, -0.2) is 0 Å². The van der Waals surface area contributed by atoms with Crippen LogP contribution in [0.1, 0.15) is 52.0 Å². The molecule has 2 N–H and O–H groups in total. The van der Waals surface area contributed by atoms with Crippen LogP contribution in [-0.2, 0) is 15.6 Å². The van der Waals surface area contributed by atoms with Gasteiger partial charge in [0.1, 0.15) is 0 Å². The molecule has 0 unspecified atom stereocenters. The summed E-state index contributed by atoms with van der Waals surface area (Å²) in [5.41, 5.74) is 1.28. The molecule has 0 radical (unpaired) electrons. The normalized spacial score (nSPS) is 23.6. The third-order valence-corrected chi connectivity index (χ3v) is 10.7. The maximum absolute atomic E-state index is 11.3. The lowest BCUT2D eigenvalue weighted by Gasteiger charge is -2.39. The number of carboxylic acid groups (broad SMARTS) is 1. The third kappa shape index (κ3) is 5.95. The number of allylic oxidation sites excluding steroid dienone is 2. The molecule has 0 amide bonds. The monoisotopic (exact) mass is 404 g/mol. The molecule has 1 aromatic carbocycles. The van der Waals surface area contributed by atoms with Gasteiger partial charge < -0.3 is 14.6 Å². The first kappa shape index (κ1) is 22.7. The van der Waals surface area contributed by atoms with E-state index in [0.29, 0.717) is 6.42 Å². The molecule has 0 saturated heterocycles. The summed E-state index contributed by atoms with van der Waals surface area (Å²) in [6.45, 7) is 11.1. The first-order valence-corrected chi connectivity index (χ1v) is 13.2. The van der Waals surface area contributed by atoms with Crippen LogP contribution in [-0.4, -0.2) is 30.6 Å². The van der Waals surface area contributed by atoms with E-state index in [1.807, 2.05) is 18.2 Å². The topological polar surface area (TPSA) is 66.8 Å². The van der Waals surface area contributed by atoms with Crippen LogP contribution in [0, 0.1) is 11.8 Å². The number of aliphatic carboxylic acids is 1. The number of aliphatic hydroxyl groups excluding tert-OH is 1. The summed E-state index contributed by atoms with van der Waals surface area (Å²) < 4.78 is 6.68. The second kappa shape index (κ2) is 9.27. The number of rotatable bonds is 8. The van der Waals surface area contributed by atoms with Gasteiger partial charge >= 0.3 is 5.97 Å². The number of aliphatic hydroxyl groups is 1. The number of hydrogen-bond acceptors (Lipinski definition) is 3. The van der Waals surface area contributed by atoms with Crippen LogP contribution in [0.4, 0.5) is 0 Å². The first-order chi connectivity index (χ1) is 13.0. The van der Waals surface area contributed by atoms with Crippen LogP contribution >= 0.6 is 0 Å². The second-order valence-corrected chi connectivity index (χ2v) is 14.2. The van der Waals surface area contributed by atoms with E-state index in [2.05, 4.69) is 52.1 Å². The summed E-state index contributed by atoms with van der Waals surface area (Å²) in [6, 6.07) is 10.3. The Morgan fingerprint density at radius 2 is 1.86 bits per heavy atom. The third-order valence-electron chi connectivity index (χ3n) is 6.36. The van der Waals surface area contributed by atoms with Crippen LogP contribution in [0.3, 0.4) is 0 Å². The summed E-state index contributed by atoms with van der Waals surface area (Å²) in [5, 5.41) is 19.8. The standard InChI is InChI=1S/C23H36O4Si/c1-23(2,3)28(4,5)27-21(13-9-12-17-10-7-6-8-11-17)18-14-15-20(24)19(18)16-22(25)26/h6-8,10-11,13,18-20,24H,9,12,14-16H2,1-5H3,(H,25,26)/t18-,19+,20-/m0/s1. The summed E-state index contributed by atoms with van der Waals surface area (Å²) in [5.74, 6) is -0.238. The van der Waals surface area contributed by atoms with Crippen molar-refractivity contribution in [2.45, 2.75) is 77.1 Å². The average Bonchev–Trinajstić information content (AvgIpc) is 2.94. The Bertz CT molecular complexity index is 676. The van der Waals surface area contributed by atoms with Crippen molar-refractivity contribution in [3.63, 3.8) is 0 Å². The molecular weight excluding hydrogens is 368 g/mol. The SMILES string of the molecule is CC(C)(C)[Si](C)(C)OC(=CCCc1ccccc1)[C@H]1CC[C@H](O)[C@@H]1CC(=O)O. The van der Waals surface area contributed by atoms with E-state index < -0.39 is 20.4 Å². The summed E-state index contributed by atoms with van der Waals surface area (Å²) >= 11 is 0. The second-order valence-electron chi connectivity index (χ2n) is 9.51. The van der Waals surface area contributed by atoms with Gasteiger partial charge in [0.05, 0.1) is 18.3 Å². The lowest BCUT2D eigenvalue weighted by Crippen LogP contribution is -2.41. The number of aryl methyl sites for hydroxylation is 1. The largest absolute Gasteiger partial charge is 0.547 e. The number of benzene rings is 1. The average molecular weight is 405 g/mol. The van der Waals surface area contributed by atoms with Crippen LogP contribution in [0.25, 0.3) is 0 Å². The van der Waals surface area contributed by atoms with Gasteiger partial charge in [-0.05, 0) is 55.5 Å². The van der Waals surface area contributed by atoms with Crippen molar-refractivity contribution < 1.29 is 19.4 Å². The van der Waals surface area contributed by atoms with Crippen LogP contribution < -0.4 is 0 Å². The van der Waals surface area contributed by atoms with Gasteiger partial charge in [-0.15, -0.1) is 0 Å². The Hall–Kier alpha value is -1.59. The molecule has 0 spiro atoms. The lowest BCUT2D eigenvalue weighted by atomic mass is 9.89. The van der Waals surface area contributed by atoms with Crippen molar-refractivity contribution in [2.75, 3.05) is 0 Å². The molecule has 156 valence electrons. The summed E-state index contributed by atoms with van der Waals surface area (Å²) in [6.07, 6.45) is 4.77. The van der Waals surface area contributed by atoms with E-state index >= 15 is 0 Å². The maximum Gasteiger partial charge on any atom is 0.303 e. The van der Waals surface area contributed by atoms with E-state index in [4.69, 9.17) is 4.43 Å². The van der Waals surface area contributed by atoms with Crippen LogP contribution in [0.15, 0.2) is 42.2 Å². The molecule has 5 heteroatoms. The lowest BCUT2D eigenvalue weighted by molar-refractivity contribution is -0.139. The van der Waals surface area contributed by atoms with Crippen LogP contribution in [0.2, 0.25) is 18.1 Å². The van der Waals surface area contributed by atoms with Crippen molar-refractivity contribution in [1.82, 2.24) is 0 Å². The molecular formula is C23H36O4Si. The summed E-state index contributed by atoms with van der Waals surface area (Å²) in [7, 11) is -2.05. The van der Waals surface area contributed by atoms with Gasteiger partial charge in [-0.2, -0.15) is 0 Å². The van der Waals surface area contributed by atoms with E-state index in [1.54, 1.807) is 0 Å². The minimum atomic E-state index is -2.05. The molecule has 2 rings (SSSR count). The highest BCUT2D eigenvalue weighted by molar-refractivity contribution is 6.74. The van der Waals surface area contributed by atoms with Gasteiger partial charge in [0, 0.05) is 11.8 Å². The minimum absolute atomic E-state index is 0.0112. The molecule has 3 atom stereocenters. The predicted octanol–water partition coefficient (Wildman–Crippen LogP) is 5.39. The van der Waals surface area contributed by atoms with E-state index in [9.17, 15) is 15.0 Å².